The van der Waals surface area contributed by atoms with Crippen molar-refractivity contribution in [2.24, 2.45) is 5.92 Å². The molecule has 0 saturated heterocycles. The van der Waals surface area contributed by atoms with Gasteiger partial charge >= 0.3 is 0 Å². The van der Waals surface area contributed by atoms with Crippen LogP contribution >= 0.6 is 15.9 Å². The van der Waals surface area contributed by atoms with Crippen molar-refractivity contribution in [1.29, 1.82) is 0 Å². The Balaban J connectivity index is 1.71. The lowest BCUT2D eigenvalue weighted by Crippen LogP contribution is -2.30. The summed E-state index contributed by atoms with van der Waals surface area (Å²) in [7, 11) is 0. The van der Waals surface area contributed by atoms with Crippen molar-refractivity contribution >= 4 is 15.9 Å². The van der Waals surface area contributed by atoms with Crippen molar-refractivity contribution in [2.45, 2.75) is 38.6 Å². The number of pyridine rings is 1. The second-order valence-corrected chi connectivity index (χ2v) is 5.92. The molecular weight excluding hydrogens is 292 g/mol. The number of nitrogens with zero attached hydrogens (tertiary/aromatic N) is 1. The first-order chi connectivity index (χ1) is 8.77. The van der Waals surface area contributed by atoms with Gasteiger partial charge in [-0.2, -0.15) is 0 Å². The van der Waals surface area contributed by atoms with Crippen LogP contribution in [0.1, 0.15) is 32.1 Å². The van der Waals surface area contributed by atoms with E-state index in [-0.39, 0.29) is 5.56 Å². The SMILES string of the molecule is O=c1c(Br)cccn1CCNCC1CCCCC1. The molecule has 1 aliphatic rings. The summed E-state index contributed by atoms with van der Waals surface area (Å²) >= 11 is 3.26. The number of nitrogens with one attached hydrogen (secondary N) is 1. The second kappa shape index (κ2) is 7.10. The number of hydrogen-bond donors (Lipinski definition) is 1. The first-order valence-electron chi connectivity index (χ1n) is 6.83. The summed E-state index contributed by atoms with van der Waals surface area (Å²) in [5.74, 6) is 0.845. The van der Waals surface area contributed by atoms with Gasteiger partial charge in [-0.3, -0.25) is 4.79 Å². The van der Waals surface area contributed by atoms with E-state index < -0.39 is 0 Å². The molecule has 1 fully saturated rings. The van der Waals surface area contributed by atoms with Crippen LogP contribution in [0, 0.1) is 5.92 Å². The van der Waals surface area contributed by atoms with Gasteiger partial charge in [0.1, 0.15) is 0 Å². The lowest BCUT2D eigenvalue weighted by molar-refractivity contribution is 0.340. The molecule has 0 bridgehead atoms. The Labute approximate surface area is 117 Å². The zero-order chi connectivity index (χ0) is 12.8. The molecule has 18 heavy (non-hydrogen) atoms. The van der Waals surface area contributed by atoms with E-state index in [4.69, 9.17) is 0 Å². The normalized spacial score (nSPS) is 16.9. The standard InChI is InChI=1S/C14H21BrN2O/c15-13-7-4-9-17(14(13)18)10-8-16-11-12-5-2-1-3-6-12/h4,7,9,12,16H,1-3,5-6,8,10-11H2. The minimum Gasteiger partial charge on any atom is -0.315 e. The Bertz CT molecular complexity index is 424. The molecule has 1 aromatic heterocycles. The van der Waals surface area contributed by atoms with Gasteiger partial charge in [-0.15, -0.1) is 0 Å². The zero-order valence-corrected chi connectivity index (χ0v) is 12.3. The second-order valence-electron chi connectivity index (χ2n) is 5.06. The monoisotopic (exact) mass is 312 g/mol. The molecule has 2 rings (SSSR count). The summed E-state index contributed by atoms with van der Waals surface area (Å²) in [4.78, 5) is 11.8. The average molecular weight is 313 g/mol. The number of hydrogen-bond acceptors (Lipinski definition) is 2. The maximum absolute atomic E-state index is 11.8. The van der Waals surface area contributed by atoms with Crippen molar-refractivity contribution in [2.75, 3.05) is 13.1 Å². The van der Waals surface area contributed by atoms with E-state index >= 15 is 0 Å². The van der Waals surface area contributed by atoms with E-state index in [1.807, 2.05) is 12.3 Å². The van der Waals surface area contributed by atoms with Gasteiger partial charge < -0.3 is 9.88 Å². The molecule has 3 nitrogen and oxygen atoms in total. The van der Waals surface area contributed by atoms with Crippen LogP contribution in [0.4, 0.5) is 0 Å². The average Bonchev–Trinajstić information content (AvgIpc) is 2.40. The Morgan fingerprint density at radius 2 is 2.11 bits per heavy atom. The molecule has 0 aliphatic heterocycles. The molecule has 1 heterocycles. The topological polar surface area (TPSA) is 34.0 Å². The number of halogens is 1. The molecule has 1 aromatic rings. The van der Waals surface area contributed by atoms with Crippen LogP contribution in [0.3, 0.4) is 0 Å². The maximum atomic E-state index is 11.8. The van der Waals surface area contributed by atoms with Crippen LogP contribution in [0.2, 0.25) is 0 Å². The van der Waals surface area contributed by atoms with Crippen LogP contribution in [0.5, 0.6) is 0 Å². The molecule has 0 spiro atoms. The Hall–Kier alpha value is -0.610. The first kappa shape index (κ1) is 13.8. The van der Waals surface area contributed by atoms with E-state index in [1.54, 1.807) is 10.6 Å². The van der Waals surface area contributed by atoms with Gasteiger partial charge in [0.2, 0.25) is 0 Å². The Morgan fingerprint density at radius 3 is 2.89 bits per heavy atom. The molecular formula is C14H21BrN2O. The molecule has 0 aromatic carbocycles. The van der Waals surface area contributed by atoms with Crippen molar-refractivity contribution in [3.63, 3.8) is 0 Å². The van der Waals surface area contributed by atoms with Crippen LogP contribution < -0.4 is 10.9 Å². The molecule has 0 atom stereocenters. The molecule has 0 unspecified atom stereocenters. The quantitative estimate of drug-likeness (QED) is 0.848. The molecule has 1 N–H and O–H groups in total. The van der Waals surface area contributed by atoms with E-state index in [9.17, 15) is 4.79 Å². The van der Waals surface area contributed by atoms with Crippen molar-refractivity contribution in [3.05, 3.63) is 33.2 Å². The van der Waals surface area contributed by atoms with E-state index in [0.717, 1.165) is 25.6 Å². The van der Waals surface area contributed by atoms with Gasteiger partial charge in [0.25, 0.3) is 5.56 Å². The molecule has 1 saturated carbocycles. The lowest BCUT2D eigenvalue weighted by atomic mass is 9.89. The fraction of sp³-hybridized carbons (Fsp3) is 0.643. The van der Waals surface area contributed by atoms with Crippen LogP contribution in [-0.4, -0.2) is 17.7 Å². The molecule has 1 aliphatic carbocycles. The summed E-state index contributed by atoms with van der Waals surface area (Å²) in [6.07, 6.45) is 8.75. The highest BCUT2D eigenvalue weighted by Gasteiger charge is 2.12. The van der Waals surface area contributed by atoms with Crippen LogP contribution in [-0.2, 0) is 6.54 Å². The minimum atomic E-state index is 0.0527. The zero-order valence-electron chi connectivity index (χ0n) is 10.7. The molecule has 0 radical (unpaired) electrons. The third kappa shape index (κ3) is 3.95. The predicted molar refractivity (Wildman–Crippen MR) is 77.8 cm³/mol. The number of aromatic nitrogens is 1. The van der Waals surface area contributed by atoms with E-state index in [0.29, 0.717) is 4.47 Å². The highest BCUT2D eigenvalue weighted by molar-refractivity contribution is 9.10. The summed E-state index contributed by atoms with van der Waals surface area (Å²) in [5.41, 5.74) is 0.0527. The first-order valence-corrected chi connectivity index (χ1v) is 7.62. The maximum Gasteiger partial charge on any atom is 0.264 e. The van der Waals surface area contributed by atoms with Gasteiger partial charge in [0, 0.05) is 19.3 Å². The predicted octanol–water partition coefficient (Wildman–Crippen LogP) is 2.78. The van der Waals surface area contributed by atoms with Gasteiger partial charge in [-0.1, -0.05) is 19.3 Å². The highest BCUT2D eigenvalue weighted by atomic mass is 79.9. The Morgan fingerprint density at radius 1 is 1.33 bits per heavy atom. The smallest absolute Gasteiger partial charge is 0.264 e. The van der Waals surface area contributed by atoms with Crippen molar-refractivity contribution in [1.82, 2.24) is 9.88 Å². The fourth-order valence-electron chi connectivity index (χ4n) is 2.58. The summed E-state index contributed by atoms with van der Waals surface area (Å²) in [6.45, 7) is 2.71. The third-order valence-corrected chi connectivity index (χ3v) is 4.26. The van der Waals surface area contributed by atoms with Crippen molar-refractivity contribution in [3.8, 4) is 0 Å². The molecule has 4 heteroatoms. The Kier molecular flexibility index (Phi) is 5.45. The highest BCUT2D eigenvalue weighted by Crippen LogP contribution is 2.22. The molecule has 100 valence electrons. The molecule has 0 amide bonds. The summed E-state index contributed by atoms with van der Waals surface area (Å²) < 4.78 is 2.38. The van der Waals surface area contributed by atoms with Gasteiger partial charge in [0.15, 0.2) is 0 Å². The van der Waals surface area contributed by atoms with Crippen LogP contribution in [0.25, 0.3) is 0 Å². The lowest BCUT2D eigenvalue weighted by Gasteiger charge is -2.21. The van der Waals surface area contributed by atoms with Crippen molar-refractivity contribution < 1.29 is 0 Å². The fourth-order valence-corrected chi connectivity index (χ4v) is 2.96. The van der Waals surface area contributed by atoms with E-state index in [1.165, 1.54) is 32.1 Å². The van der Waals surface area contributed by atoms with Gasteiger partial charge in [0.05, 0.1) is 4.47 Å². The van der Waals surface area contributed by atoms with Gasteiger partial charge in [-0.05, 0) is 53.4 Å². The van der Waals surface area contributed by atoms with E-state index in [2.05, 4.69) is 21.2 Å². The van der Waals surface area contributed by atoms with Crippen LogP contribution in [0.15, 0.2) is 27.6 Å². The largest absolute Gasteiger partial charge is 0.315 e. The minimum absolute atomic E-state index is 0.0527. The number of rotatable bonds is 5. The summed E-state index contributed by atoms with van der Waals surface area (Å²) in [6, 6.07) is 3.68. The third-order valence-electron chi connectivity index (χ3n) is 3.66. The van der Waals surface area contributed by atoms with Gasteiger partial charge in [-0.25, -0.2) is 0 Å². The summed E-state index contributed by atoms with van der Waals surface area (Å²) in [5, 5.41) is 3.48.